The maximum absolute atomic E-state index is 2.47. The Morgan fingerprint density at radius 1 is 0.465 bits per heavy atom. The van der Waals surface area contributed by atoms with Crippen LogP contribution in [-0.2, 0) is 5.41 Å². The number of nitrogens with zero attached hydrogens (tertiary/aromatic N) is 1. The van der Waals surface area contributed by atoms with E-state index in [2.05, 4.69) is 182 Å². The largest absolute Gasteiger partial charge is 0.344 e. The first-order valence-electron chi connectivity index (χ1n) is 14.9. The van der Waals surface area contributed by atoms with Crippen molar-refractivity contribution in [3.05, 3.63) is 192 Å². The minimum absolute atomic E-state index is 0.430. The lowest BCUT2D eigenvalue weighted by Crippen LogP contribution is -2.28. The summed E-state index contributed by atoms with van der Waals surface area (Å²) < 4.78 is 0. The predicted molar refractivity (Wildman–Crippen MR) is 181 cm³/mol. The summed E-state index contributed by atoms with van der Waals surface area (Å²) in [6.45, 7) is 0. The van der Waals surface area contributed by atoms with Crippen LogP contribution in [0.4, 0.5) is 11.4 Å². The zero-order valence-electron chi connectivity index (χ0n) is 24.1. The molecule has 0 saturated heterocycles. The molecule has 0 atom stereocenters. The third-order valence-electron chi connectivity index (χ3n) is 9.16. The molecule has 1 heteroatoms. The van der Waals surface area contributed by atoms with Crippen LogP contribution < -0.4 is 4.90 Å². The van der Waals surface area contributed by atoms with Crippen molar-refractivity contribution in [1.29, 1.82) is 0 Å². The minimum Gasteiger partial charge on any atom is -0.344 e. The van der Waals surface area contributed by atoms with E-state index in [1.54, 1.807) is 0 Å². The third kappa shape index (κ3) is 3.86. The van der Waals surface area contributed by atoms with Crippen molar-refractivity contribution in [3.63, 3.8) is 0 Å². The first-order valence-corrected chi connectivity index (χ1v) is 14.9. The number of benzene rings is 7. The van der Waals surface area contributed by atoms with E-state index in [1.165, 1.54) is 61.0 Å². The Morgan fingerprint density at radius 3 is 1.77 bits per heavy atom. The number of fused-ring (bicyclic) bond motifs is 4. The smallest absolute Gasteiger partial charge is 0.0713 e. The van der Waals surface area contributed by atoms with Crippen LogP contribution in [0.15, 0.2) is 170 Å². The third-order valence-corrected chi connectivity index (χ3v) is 9.16. The summed E-state index contributed by atoms with van der Waals surface area (Å²) >= 11 is 0. The summed E-state index contributed by atoms with van der Waals surface area (Å²) in [6, 6.07) is 62.1. The van der Waals surface area contributed by atoms with Gasteiger partial charge in [-0.05, 0) is 74.0 Å². The van der Waals surface area contributed by atoms with Gasteiger partial charge in [-0.1, -0.05) is 146 Å². The van der Waals surface area contributed by atoms with E-state index in [4.69, 9.17) is 0 Å². The highest BCUT2D eigenvalue weighted by Gasteiger charge is 2.46. The predicted octanol–water partition coefficient (Wildman–Crippen LogP) is 10.6. The van der Waals surface area contributed by atoms with Gasteiger partial charge in [0.1, 0.15) is 0 Å². The molecule has 0 bridgehead atoms. The number of hydrogen-bond acceptors (Lipinski definition) is 1. The zero-order valence-corrected chi connectivity index (χ0v) is 24.1. The first-order chi connectivity index (χ1) is 21.3. The lowest BCUT2D eigenvalue weighted by atomic mass is 9.67. The van der Waals surface area contributed by atoms with Gasteiger partial charge in [-0.3, -0.25) is 0 Å². The highest BCUT2D eigenvalue weighted by Crippen LogP contribution is 2.57. The lowest BCUT2D eigenvalue weighted by Gasteiger charge is -2.34. The molecule has 43 heavy (non-hydrogen) atoms. The van der Waals surface area contributed by atoms with Crippen LogP contribution >= 0.6 is 0 Å². The molecule has 7 aromatic rings. The molecule has 0 heterocycles. The summed E-state index contributed by atoms with van der Waals surface area (Å²) in [5, 5.41) is 2.49. The van der Waals surface area contributed by atoms with Crippen LogP contribution in [0.1, 0.15) is 22.3 Å². The maximum atomic E-state index is 2.47. The van der Waals surface area contributed by atoms with Crippen molar-refractivity contribution in [2.75, 3.05) is 11.9 Å². The first kappa shape index (κ1) is 25.3. The second kappa shape index (κ2) is 10.2. The average Bonchev–Trinajstić information content (AvgIpc) is 3.39. The molecule has 1 nitrogen and oxygen atoms in total. The van der Waals surface area contributed by atoms with E-state index in [0.717, 1.165) is 5.69 Å². The van der Waals surface area contributed by atoms with Crippen LogP contribution in [0, 0.1) is 0 Å². The molecule has 0 N–H and O–H groups in total. The second-order valence-electron chi connectivity index (χ2n) is 11.4. The topological polar surface area (TPSA) is 3.24 Å². The molecule has 1 aliphatic carbocycles. The Bertz CT molecular complexity index is 2040. The molecule has 8 rings (SSSR count). The molecular weight excluding hydrogens is 518 g/mol. The van der Waals surface area contributed by atoms with Gasteiger partial charge in [0.25, 0.3) is 0 Å². The van der Waals surface area contributed by atoms with Gasteiger partial charge in [-0.15, -0.1) is 0 Å². The zero-order chi connectivity index (χ0) is 28.8. The Hall–Kier alpha value is -5.40. The lowest BCUT2D eigenvalue weighted by molar-refractivity contribution is 0.769. The highest BCUT2D eigenvalue weighted by atomic mass is 15.1. The van der Waals surface area contributed by atoms with Crippen molar-refractivity contribution >= 4 is 22.1 Å². The van der Waals surface area contributed by atoms with Gasteiger partial charge >= 0.3 is 0 Å². The van der Waals surface area contributed by atoms with Crippen LogP contribution in [-0.4, -0.2) is 7.05 Å². The van der Waals surface area contributed by atoms with Crippen molar-refractivity contribution in [2.45, 2.75) is 5.41 Å². The van der Waals surface area contributed by atoms with E-state index >= 15 is 0 Å². The van der Waals surface area contributed by atoms with Gasteiger partial charge in [-0.25, -0.2) is 0 Å². The summed E-state index contributed by atoms with van der Waals surface area (Å²) in [5.74, 6) is 0. The van der Waals surface area contributed by atoms with Gasteiger partial charge < -0.3 is 4.90 Å². The SMILES string of the molecule is CN(c1ccccc1)c1ccc2ccccc2c1-c1ccc2c(c1)C(c1ccccc1)(c1ccccc1)c1ccccc1-2. The molecular formula is C42H31N. The Morgan fingerprint density at radius 2 is 1.05 bits per heavy atom. The van der Waals surface area contributed by atoms with Crippen LogP contribution in [0.25, 0.3) is 33.0 Å². The van der Waals surface area contributed by atoms with E-state index in [-0.39, 0.29) is 0 Å². The quantitative estimate of drug-likeness (QED) is 0.206. The fraction of sp³-hybridized carbons (Fsp3) is 0.0476. The van der Waals surface area contributed by atoms with Gasteiger partial charge in [0, 0.05) is 24.0 Å². The Labute approximate surface area is 253 Å². The number of rotatable bonds is 5. The fourth-order valence-electron chi connectivity index (χ4n) is 7.23. The van der Waals surface area contributed by atoms with E-state index in [1.807, 2.05) is 0 Å². The Balaban J connectivity index is 1.46. The fourth-order valence-corrected chi connectivity index (χ4v) is 7.23. The summed E-state index contributed by atoms with van der Waals surface area (Å²) in [5.41, 5.74) is 12.2. The minimum atomic E-state index is -0.430. The summed E-state index contributed by atoms with van der Waals surface area (Å²) in [6.07, 6.45) is 0. The maximum Gasteiger partial charge on any atom is 0.0713 e. The van der Waals surface area contributed by atoms with Crippen molar-refractivity contribution in [2.24, 2.45) is 0 Å². The number of hydrogen-bond donors (Lipinski definition) is 0. The van der Waals surface area contributed by atoms with Gasteiger partial charge in [0.05, 0.1) is 5.41 Å². The van der Waals surface area contributed by atoms with E-state index in [9.17, 15) is 0 Å². The van der Waals surface area contributed by atoms with Crippen molar-refractivity contribution < 1.29 is 0 Å². The molecule has 0 saturated carbocycles. The second-order valence-corrected chi connectivity index (χ2v) is 11.4. The van der Waals surface area contributed by atoms with Crippen molar-refractivity contribution in [3.8, 4) is 22.3 Å². The van der Waals surface area contributed by atoms with Crippen LogP contribution in [0.5, 0.6) is 0 Å². The normalized spacial score (nSPS) is 13.0. The Kier molecular flexibility index (Phi) is 5.98. The molecule has 0 amide bonds. The molecule has 1 aliphatic rings. The summed E-state index contributed by atoms with van der Waals surface area (Å²) in [7, 11) is 2.17. The highest BCUT2D eigenvalue weighted by molar-refractivity contribution is 6.04. The number of anilines is 2. The molecule has 0 aliphatic heterocycles. The summed E-state index contributed by atoms with van der Waals surface area (Å²) in [4.78, 5) is 2.31. The molecule has 0 aromatic heterocycles. The molecule has 0 spiro atoms. The molecule has 204 valence electrons. The van der Waals surface area contributed by atoms with Gasteiger partial charge in [-0.2, -0.15) is 0 Å². The molecule has 7 aromatic carbocycles. The average molecular weight is 550 g/mol. The van der Waals surface area contributed by atoms with Crippen molar-refractivity contribution in [1.82, 2.24) is 0 Å². The van der Waals surface area contributed by atoms with E-state index < -0.39 is 5.41 Å². The molecule has 0 unspecified atom stereocenters. The van der Waals surface area contributed by atoms with Crippen LogP contribution in [0.3, 0.4) is 0 Å². The molecule has 0 radical (unpaired) electrons. The molecule has 0 fully saturated rings. The number of para-hydroxylation sites is 1. The van der Waals surface area contributed by atoms with E-state index in [0.29, 0.717) is 0 Å². The van der Waals surface area contributed by atoms with Gasteiger partial charge in [0.15, 0.2) is 0 Å². The monoisotopic (exact) mass is 549 g/mol. The standard InChI is InChI=1S/C42H31N/c1-43(34-20-9-4-10-21-34)40-28-26-30-15-11-12-22-35(30)41(40)31-25-27-37-36-23-13-14-24-38(36)42(39(37)29-31,32-16-5-2-6-17-32)33-18-7-3-8-19-33/h2-29H,1H3. The van der Waals surface area contributed by atoms with Crippen LogP contribution in [0.2, 0.25) is 0 Å². The van der Waals surface area contributed by atoms with Gasteiger partial charge in [0.2, 0.25) is 0 Å².